The fraction of sp³-hybridized carbons (Fsp3) is 0.429. The highest BCUT2D eigenvalue weighted by atomic mass is 79.9. The van der Waals surface area contributed by atoms with Gasteiger partial charge in [0.25, 0.3) is 0 Å². The molecule has 0 aliphatic heterocycles. The fourth-order valence-corrected chi connectivity index (χ4v) is 2.34. The second-order valence-electron chi connectivity index (χ2n) is 4.69. The highest BCUT2D eigenvalue weighted by Gasteiger charge is 2.10. The van der Waals surface area contributed by atoms with Crippen molar-refractivity contribution in [1.29, 1.82) is 0 Å². The molecular weight excluding hydrogens is 304 g/mol. The third-order valence-corrected chi connectivity index (χ3v) is 3.52. The van der Waals surface area contributed by atoms with Gasteiger partial charge in [-0.15, -0.1) is 0 Å². The molecule has 2 aromatic rings. The zero-order chi connectivity index (χ0) is 13.7. The Morgan fingerprint density at radius 1 is 1.26 bits per heavy atom. The lowest BCUT2D eigenvalue weighted by atomic mass is 10.0. The molecule has 4 nitrogen and oxygen atoms in total. The number of hydrogen-bond donors (Lipinski definition) is 1. The molecule has 0 fully saturated rings. The molecule has 0 radical (unpaired) electrons. The molecule has 1 atom stereocenters. The number of rotatable bonds is 6. The first-order valence-electron chi connectivity index (χ1n) is 6.55. The SMILES string of the molecule is CCCn1ncnc1CC(N)Cc1ccc(Br)cc1. The summed E-state index contributed by atoms with van der Waals surface area (Å²) in [6, 6.07) is 8.35. The van der Waals surface area contributed by atoms with Crippen molar-refractivity contribution in [3.8, 4) is 0 Å². The molecule has 102 valence electrons. The maximum atomic E-state index is 6.21. The van der Waals surface area contributed by atoms with Crippen LogP contribution in [-0.4, -0.2) is 20.8 Å². The van der Waals surface area contributed by atoms with Crippen molar-refractivity contribution in [3.63, 3.8) is 0 Å². The lowest BCUT2D eigenvalue weighted by molar-refractivity contribution is 0.540. The zero-order valence-electron chi connectivity index (χ0n) is 11.1. The maximum absolute atomic E-state index is 6.21. The summed E-state index contributed by atoms with van der Waals surface area (Å²) in [5, 5.41) is 4.22. The van der Waals surface area contributed by atoms with E-state index in [1.54, 1.807) is 6.33 Å². The smallest absolute Gasteiger partial charge is 0.138 e. The molecule has 1 heterocycles. The maximum Gasteiger partial charge on any atom is 0.138 e. The number of halogens is 1. The molecule has 2 N–H and O–H groups in total. The minimum atomic E-state index is 0.0704. The molecule has 1 unspecified atom stereocenters. The predicted molar refractivity (Wildman–Crippen MR) is 79.8 cm³/mol. The third kappa shape index (κ3) is 4.14. The monoisotopic (exact) mass is 322 g/mol. The number of nitrogens with two attached hydrogens (primary N) is 1. The molecule has 5 heteroatoms. The Morgan fingerprint density at radius 2 is 2.00 bits per heavy atom. The summed E-state index contributed by atoms with van der Waals surface area (Å²) in [6.07, 6.45) is 4.28. The Bertz CT molecular complexity index is 506. The van der Waals surface area contributed by atoms with E-state index in [9.17, 15) is 0 Å². The fourth-order valence-electron chi connectivity index (χ4n) is 2.07. The summed E-state index contributed by atoms with van der Waals surface area (Å²) in [7, 11) is 0. The van der Waals surface area contributed by atoms with E-state index < -0.39 is 0 Å². The van der Waals surface area contributed by atoms with Gasteiger partial charge in [-0.3, -0.25) is 4.68 Å². The summed E-state index contributed by atoms with van der Waals surface area (Å²) in [5.74, 6) is 0.978. The first kappa shape index (κ1) is 14.2. The highest BCUT2D eigenvalue weighted by molar-refractivity contribution is 9.10. The van der Waals surface area contributed by atoms with Gasteiger partial charge in [0, 0.05) is 23.5 Å². The summed E-state index contributed by atoms with van der Waals surface area (Å²) in [5.41, 5.74) is 7.45. The van der Waals surface area contributed by atoms with Gasteiger partial charge in [0.15, 0.2) is 0 Å². The molecule has 0 amide bonds. The van der Waals surface area contributed by atoms with Crippen LogP contribution in [0.1, 0.15) is 24.7 Å². The minimum absolute atomic E-state index is 0.0704. The molecule has 0 saturated carbocycles. The second kappa shape index (κ2) is 6.82. The predicted octanol–water partition coefficient (Wildman–Crippen LogP) is 2.56. The van der Waals surface area contributed by atoms with E-state index in [1.807, 2.05) is 16.8 Å². The Hall–Kier alpha value is -1.20. The van der Waals surface area contributed by atoms with Crippen LogP contribution < -0.4 is 5.73 Å². The van der Waals surface area contributed by atoms with E-state index in [2.05, 4.69) is 45.1 Å². The van der Waals surface area contributed by atoms with Gasteiger partial charge >= 0.3 is 0 Å². The van der Waals surface area contributed by atoms with Gasteiger partial charge in [-0.1, -0.05) is 35.0 Å². The molecule has 19 heavy (non-hydrogen) atoms. The quantitative estimate of drug-likeness (QED) is 0.889. The average Bonchev–Trinajstić information content (AvgIpc) is 2.80. The number of aryl methyl sites for hydroxylation is 1. The van der Waals surface area contributed by atoms with Gasteiger partial charge in [-0.2, -0.15) is 5.10 Å². The average molecular weight is 323 g/mol. The van der Waals surface area contributed by atoms with Crippen LogP contribution in [0.5, 0.6) is 0 Å². The highest BCUT2D eigenvalue weighted by Crippen LogP contribution is 2.12. The van der Waals surface area contributed by atoms with Gasteiger partial charge in [0.2, 0.25) is 0 Å². The molecule has 0 aliphatic carbocycles. The lowest BCUT2D eigenvalue weighted by Gasteiger charge is -2.12. The van der Waals surface area contributed by atoms with Crippen molar-refractivity contribution in [2.75, 3.05) is 0 Å². The second-order valence-corrected chi connectivity index (χ2v) is 5.61. The van der Waals surface area contributed by atoms with E-state index >= 15 is 0 Å². The lowest BCUT2D eigenvalue weighted by Crippen LogP contribution is -2.27. The van der Waals surface area contributed by atoms with Crippen molar-refractivity contribution in [3.05, 3.63) is 46.5 Å². The van der Waals surface area contributed by atoms with Crippen LogP contribution in [0, 0.1) is 0 Å². The van der Waals surface area contributed by atoms with Crippen LogP contribution in [0.2, 0.25) is 0 Å². The molecular formula is C14H19BrN4. The van der Waals surface area contributed by atoms with Crippen molar-refractivity contribution >= 4 is 15.9 Å². The topological polar surface area (TPSA) is 56.7 Å². The first-order valence-corrected chi connectivity index (χ1v) is 7.35. The molecule has 0 spiro atoms. The number of hydrogen-bond acceptors (Lipinski definition) is 3. The van der Waals surface area contributed by atoms with E-state index in [1.165, 1.54) is 5.56 Å². The van der Waals surface area contributed by atoms with E-state index in [-0.39, 0.29) is 6.04 Å². The summed E-state index contributed by atoms with van der Waals surface area (Å²) >= 11 is 3.43. The van der Waals surface area contributed by atoms with Gasteiger partial charge in [0.05, 0.1) is 0 Å². The number of benzene rings is 1. The molecule has 1 aromatic carbocycles. The van der Waals surface area contributed by atoms with Crippen LogP contribution in [-0.2, 0) is 19.4 Å². The van der Waals surface area contributed by atoms with Gasteiger partial charge in [0.1, 0.15) is 12.2 Å². The first-order chi connectivity index (χ1) is 9.19. The molecule has 1 aromatic heterocycles. The summed E-state index contributed by atoms with van der Waals surface area (Å²) in [6.45, 7) is 3.04. The van der Waals surface area contributed by atoms with Crippen molar-refractivity contribution < 1.29 is 0 Å². The van der Waals surface area contributed by atoms with E-state index in [0.717, 1.165) is 36.1 Å². The normalized spacial score (nSPS) is 12.6. The van der Waals surface area contributed by atoms with Crippen molar-refractivity contribution in [1.82, 2.24) is 14.8 Å². The summed E-state index contributed by atoms with van der Waals surface area (Å²) in [4.78, 5) is 4.29. The van der Waals surface area contributed by atoms with E-state index in [0.29, 0.717) is 0 Å². The van der Waals surface area contributed by atoms with Crippen molar-refractivity contribution in [2.45, 2.75) is 38.8 Å². The zero-order valence-corrected chi connectivity index (χ0v) is 12.7. The number of aromatic nitrogens is 3. The van der Waals surface area contributed by atoms with Gasteiger partial charge in [-0.05, 0) is 30.5 Å². The Morgan fingerprint density at radius 3 is 2.68 bits per heavy atom. The minimum Gasteiger partial charge on any atom is -0.327 e. The largest absolute Gasteiger partial charge is 0.327 e. The summed E-state index contributed by atoms with van der Waals surface area (Å²) < 4.78 is 3.04. The Balaban J connectivity index is 1.95. The van der Waals surface area contributed by atoms with Gasteiger partial charge in [-0.25, -0.2) is 4.98 Å². The van der Waals surface area contributed by atoms with Crippen molar-refractivity contribution in [2.24, 2.45) is 5.73 Å². The van der Waals surface area contributed by atoms with Crippen LogP contribution in [0.25, 0.3) is 0 Å². The Kier molecular flexibility index (Phi) is 5.10. The molecule has 0 bridgehead atoms. The number of nitrogens with zero attached hydrogens (tertiary/aromatic N) is 3. The van der Waals surface area contributed by atoms with Crippen LogP contribution in [0.3, 0.4) is 0 Å². The van der Waals surface area contributed by atoms with Crippen LogP contribution >= 0.6 is 15.9 Å². The standard InChI is InChI=1S/C14H19BrN4/c1-2-7-19-14(17-10-18-19)9-13(16)8-11-3-5-12(15)6-4-11/h3-6,10,13H,2,7-9,16H2,1H3. The third-order valence-electron chi connectivity index (χ3n) is 2.99. The molecule has 2 rings (SSSR count). The van der Waals surface area contributed by atoms with Crippen LogP contribution in [0.4, 0.5) is 0 Å². The van der Waals surface area contributed by atoms with Gasteiger partial charge < -0.3 is 5.73 Å². The van der Waals surface area contributed by atoms with Crippen LogP contribution in [0.15, 0.2) is 35.1 Å². The Labute approximate surface area is 122 Å². The molecule has 0 saturated heterocycles. The molecule has 0 aliphatic rings. The van der Waals surface area contributed by atoms with E-state index in [4.69, 9.17) is 5.73 Å².